The molecule has 0 aliphatic rings. The summed E-state index contributed by atoms with van der Waals surface area (Å²) in [4.78, 5) is 28.8. The van der Waals surface area contributed by atoms with E-state index in [1.807, 2.05) is 20.8 Å². The maximum atomic E-state index is 14.1. The van der Waals surface area contributed by atoms with E-state index < -0.39 is 28.5 Å². The third-order valence-electron chi connectivity index (χ3n) is 6.45. The van der Waals surface area contributed by atoms with E-state index in [2.05, 4.69) is 5.32 Å². The van der Waals surface area contributed by atoms with Gasteiger partial charge in [0.1, 0.15) is 18.3 Å². The zero-order valence-electron chi connectivity index (χ0n) is 23.3. The Bertz CT molecular complexity index is 1420. The second-order valence-corrected chi connectivity index (χ2v) is 11.6. The largest absolute Gasteiger partial charge is 0.495 e. The van der Waals surface area contributed by atoms with Gasteiger partial charge in [-0.1, -0.05) is 67.9 Å². The molecule has 0 spiro atoms. The fourth-order valence-corrected chi connectivity index (χ4v) is 5.96. The molecule has 3 aromatic rings. The third kappa shape index (κ3) is 7.34. The molecule has 0 aliphatic carbocycles. The third-order valence-corrected chi connectivity index (χ3v) is 8.59. The summed E-state index contributed by atoms with van der Waals surface area (Å²) in [6.45, 7) is 5.51. The molecule has 40 heavy (non-hydrogen) atoms. The highest BCUT2D eigenvalue weighted by Gasteiger charge is 2.35. The Labute approximate surface area is 241 Å². The molecular weight excluding hydrogens is 550 g/mol. The smallest absolute Gasteiger partial charge is 0.264 e. The molecule has 214 valence electrons. The highest BCUT2D eigenvalue weighted by atomic mass is 35.5. The fourth-order valence-electron chi connectivity index (χ4n) is 4.32. The zero-order chi connectivity index (χ0) is 29.3. The lowest BCUT2D eigenvalue weighted by Gasteiger charge is -2.33. The minimum absolute atomic E-state index is 0.0248. The molecule has 0 saturated carbocycles. The van der Waals surface area contributed by atoms with Gasteiger partial charge in [0.2, 0.25) is 11.8 Å². The van der Waals surface area contributed by atoms with E-state index in [1.54, 1.807) is 60.7 Å². The van der Waals surface area contributed by atoms with Crippen molar-refractivity contribution in [2.75, 3.05) is 24.5 Å². The molecule has 2 amide bonds. The predicted octanol–water partition coefficient (Wildman–Crippen LogP) is 5.19. The molecule has 0 bridgehead atoms. The number of hydrogen-bond acceptors (Lipinski definition) is 5. The van der Waals surface area contributed by atoms with Gasteiger partial charge < -0.3 is 15.0 Å². The summed E-state index contributed by atoms with van der Waals surface area (Å²) in [5, 5.41) is 3.31. The maximum Gasteiger partial charge on any atom is 0.264 e. The number of halogens is 1. The Morgan fingerprint density at radius 1 is 1.00 bits per heavy atom. The van der Waals surface area contributed by atoms with Gasteiger partial charge in [-0.25, -0.2) is 8.42 Å². The normalized spacial score (nSPS) is 11.9. The van der Waals surface area contributed by atoms with Gasteiger partial charge in [0.05, 0.1) is 17.7 Å². The van der Waals surface area contributed by atoms with Crippen molar-refractivity contribution in [2.24, 2.45) is 0 Å². The van der Waals surface area contributed by atoms with Crippen molar-refractivity contribution < 1.29 is 22.7 Å². The van der Waals surface area contributed by atoms with Crippen molar-refractivity contribution in [3.05, 3.63) is 88.9 Å². The van der Waals surface area contributed by atoms with Crippen LogP contribution in [0.1, 0.15) is 37.8 Å². The van der Waals surface area contributed by atoms with Gasteiger partial charge in [-0.2, -0.15) is 0 Å². The van der Waals surface area contributed by atoms with Crippen molar-refractivity contribution in [3.63, 3.8) is 0 Å². The quantitative estimate of drug-likeness (QED) is 0.298. The number of carbonyl (C=O) groups is 2. The highest BCUT2D eigenvalue weighted by Crippen LogP contribution is 2.34. The van der Waals surface area contributed by atoms with Crippen LogP contribution in [-0.2, 0) is 26.2 Å². The molecule has 0 unspecified atom stereocenters. The number of aryl methyl sites for hydroxylation is 1. The summed E-state index contributed by atoms with van der Waals surface area (Å²) in [6, 6.07) is 19.3. The molecule has 3 rings (SSSR count). The topological polar surface area (TPSA) is 96.0 Å². The van der Waals surface area contributed by atoms with Crippen LogP contribution in [0.3, 0.4) is 0 Å². The van der Waals surface area contributed by atoms with Gasteiger partial charge in [0.25, 0.3) is 10.0 Å². The highest BCUT2D eigenvalue weighted by molar-refractivity contribution is 7.92. The number of sulfonamides is 1. The first-order valence-electron chi connectivity index (χ1n) is 13.2. The average molecular weight is 586 g/mol. The number of rotatable bonds is 13. The Morgan fingerprint density at radius 3 is 2.30 bits per heavy atom. The van der Waals surface area contributed by atoms with E-state index in [9.17, 15) is 18.0 Å². The first kappa shape index (κ1) is 31.0. The van der Waals surface area contributed by atoms with E-state index in [0.29, 0.717) is 29.3 Å². The van der Waals surface area contributed by atoms with Crippen molar-refractivity contribution in [3.8, 4) is 5.75 Å². The monoisotopic (exact) mass is 585 g/mol. The molecule has 0 saturated heterocycles. The number of anilines is 1. The van der Waals surface area contributed by atoms with Crippen LogP contribution >= 0.6 is 11.6 Å². The van der Waals surface area contributed by atoms with Crippen LogP contribution in [0.4, 0.5) is 5.69 Å². The number of nitrogens with zero attached hydrogens (tertiary/aromatic N) is 2. The molecule has 0 radical (unpaired) electrons. The minimum atomic E-state index is -4.20. The van der Waals surface area contributed by atoms with E-state index >= 15 is 0 Å². The molecule has 0 aliphatic heterocycles. The Morgan fingerprint density at radius 2 is 1.68 bits per heavy atom. The van der Waals surface area contributed by atoms with Crippen LogP contribution in [0.25, 0.3) is 0 Å². The van der Waals surface area contributed by atoms with Crippen LogP contribution in [0.15, 0.2) is 77.7 Å². The summed E-state index contributed by atoms with van der Waals surface area (Å²) in [5.74, 6) is -0.569. The number of amides is 2. The van der Waals surface area contributed by atoms with Crippen LogP contribution in [0.2, 0.25) is 5.02 Å². The van der Waals surface area contributed by atoms with Crippen molar-refractivity contribution in [2.45, 2.75) is 51.1 Å². The molecule has 10 heteroatoms. The first-order chi connectivity index (χ1) is 19.1. The average Bonchev–Trinajstić information content (AvgIpc) is 2.95. The standard InChI is InChI=1S/C30H36ClN3O5S/c1-5-18-32-30(36)26(6-2)33(20-23-12-10-11-15-25(23)31)29(35)21-34(27-19-22(3)16-17-28(27)39-4)40(37,38)24-13-8-7-9-14-24/h7-17,19,26H,5-6,18,20-21H2,1-4H3,(H,32,36)/t26-/m0/s1. The molecule has 0 aromatic heterocycles. The van der Waals surface area contributed by atoms with Crippen molar-refractivity contribution >= 4 is 39.1 Å². The van der Waals surface area contributed by atoms with Crippen molar-refractivity contribution in [1.82, 2.24) is 10.2 Å². The number of ether oxygens (including phenoxy) is 1. The SMILES string of the molecule is CCCNC(=O)[C@H](CC)N(Cc1ccccc1Cl)C(=O)CN(c1cc(C)ccc1OC)S(=O)(=O)c1ccccc1. The number of methoxy groups -OCH3 is 1. The van der Waals surface area contributed by atoms with Gasteiger partial charge in [0.15, 0.2) is 0 Å². The predicted molar refractivity (Wildman–Crippen MR) is 158 cm³/mol. The fraction of sp³-hybridized carbons (Fsp3) is 0.333. The van der Waals surface area contributed by atoms with Crippen LogP contribution in [-0.4, -0.2) is 51.4 Å². The molecular formula is C30H36ClN3O5S. The number of benzene rings is 3. The summed E-state index contributed by atoms with van der Waals surface area (Å²) >= 11 is 6.43. The molecule has 0 heterocycles. The Balaban J connectivity index is 2.12. The lowest BCUT2D eigenvalue weighted by atomic mass is 10.1. The van der Waals surface area contributed by atoms with Crippen LogP contribution in [0.5, 0.6) is 5.75 Å². The van der Waals surface area contributed by atoms with Gasteiger partial charge >= 0.3 is 0 Å². The van der Waals surface area contributed by atoms with Gasteiger partial charge in [-0.3, -0.25) is 13.9 Å². The summed E-state index contributed by atoms with van der Waals surface area (Å²) in [6.07, 6.45) is 1.06. The van der Waals surface area contributed by atoms with E-state index in [1.165, 1.54) is 24.1 Å². The van der Waals surface area contributed by atoms with E-state index in [0.717, 1.165) is 16.3 Å². The Kier molecular flexibility index (Phi) is 11.0. The van der Waals surface area contributed by atoms with E-state index in [-0.39, 0.29) is 23.0 Å². The van der Waals surface area contributed by atoms with Crippen LogP contribution < -0.4 is 14.4 Å². The number of hydrogen-bond donors (Lipinski definition) is 1. The molecule has 1 N–H and O–H groups in total. The van der Waals surface area contributed by atoms with Gasteiger partial charge in [-0.15, -0.1) is 0 Å². The minimum Gasteiger partial charge on any atom is -0.495 e. The summed E-state index contributed by atoms with van der Waals surface area (Å²) in [5.41, 5.74) is 1.65. The summed E-state index contributed by atoms with van der Waals surface area (Å²) in [7, 11) is -2.76. The maximum absolute atomic E-state index is 14.1. The molecule has 8 nitrogen and oxygen atoms in total. The lowest BCUT2D eigenvalue weighted by molar-refractivity contribution is -0.140. The molecule has 3 aromatic carbocycles. The van der Waals surface area contributed by atoms with Gasteiger partial charge in [-0.05, 0) is 61.2 Å². The molecule has 1 atom stereocenters. The first-order valence-corrected chi connectivity index (χ1v) is 15.0. The second kappa shape index (κ2) is 14.2. The summed E-state index contributed by atoms with van der Waals surface area (Å²) < 4.78 is 34.5. The Hall–Kier alpha value is -3.56. The lowest BCUT2D eigenvalue weighted by Crippen LogP contribution is -2.52. The second-order valence-electron chi connectivity index (χ2n) is 9.33. The van der Waals surface area contributed by atoms with Crippen molar-refractivity contribution in [1.29, 1.82) is 0 Å². The van der Waals surface area contributed by atoms with Gasteiger partial charge in [0, 0.05) is 18.1 Å². The number of carbonyl (C=O) groups excluding carboxylic acids is 2. The number of nitrogens with one attached hydrogen (secondary N) is 1. The molecule has 0 fully saturated rings. The zero-order valence-corrected chi connectivity index (χ0v) is 24.8. The van der Waals surface area contributed by atoms with Crippen LogP contribution in [0, 0.1) is 6.92 Å². The van der Waals surface area contributed by atoms with E-state index in [4.69, 9.17) is 16.3 Å².